The molecule has 0 nitrogen and oxygen atoms in total. The van der Waals surface area contributed by atoms with Crippen molar-refractivity contribution in [2.45, 2.75) is 24.9 Å². The van der Waals surface area contributed by atoms with Gasteiger partial charge in [-0.3, -0.25) is 0 Å². The van der Waals surface area contributed by atoms with E-state index in [2.05, 4.69) is 65.1 Å². The maximum Gasteiger partial charge on any atom is 0.119 e. The molecule has 2 heterocycles. The Balaban J connectivity index is 2.08. The van der Waals surface area contributed by atoms with Gasteiger partial charge in [0.25, 0.3) is 0 Å². The van der Waals surface area contributed by atoms with Crippen molar-refractivity contribution >= 4 is 41.0 Å². The van der Waals surface area contributed by atoms with E-state index in [0.29, 0.717) is 0 Å². The second-order valence-electron chi connectivity index (χ2n) is 5.52. The molecule has 1 saturated heterocycles. The van der Waals surface area contributed by atoms with Gasteiger partial charge in [-0.25, -0.2) is 0 Å². The summed E-state index contributed by atoms with van der Waals surface area (Å²) < 4.78 is 1.37. The Morgan fingerprint density at radius 2 is 1.56 bits per heavy atom. The lowest BCUT2D eigenvalue weighted by atomic mass is 10.1. The summed E-state index contributed by atoms with van der Waals surface area (Å²) in [6.45, 7) is 0. The molecule has 2 aromatic rings. The summed E-state index contributed by atoms with van der Waals surface area (Å²) in [7, 11) is -1.34. The molecule has 0 bridgehead atoms. The number of hydrogen-bond acceptors (Lipinski definition) is 0. The van der Waals surface area contributed by atoms with E-state index in [0.717, 1.165) is 0 Å². The van der Waals surface area contributed by atoms with Gasteiger partial charge in [-0.2, -0.15) is 0 Å². The first-order chi connectivity index (χ1) is 8.81. The monoisotopic (exact) mass is 362 g/mol. The van der Waals surface area contributed by atoms with Gasteiger partial charge in [-0.1, -0.05) is 43.2 Å². The number of benzene rings is 2. The minimum atomic E-state index is -1.34. The third kappa shape index (κ3) is 1.36. The fourth-order valence-electron chi connectivity index (χ4n) is 3.95. The third-order valence-electron chi connectivity index (χ3n) is 4.69. The van der Waals surface area contributed by atoms with Crippen molar-refractivity contribution in [1.29, 1.82) is 0 Å². The lowest BCUT2D eigenvalue weighted by Gasteiger charge is -2.23. The quantitative estimate of drug-likeness (QED) is 0.496. The van der Waals surface area contributed by atoms with Gasteiger partial charge in [0, 0.05) is 3.57 Å². The van der Waals surface area contributed by atoms with Crippen molar-refractivity contribution in [3.8, 4) is 11.1 Å². The molecule has 18 heavy (non-hydrogen) atoms. The van der Waals surface area contributed by atoms with Gasteiger partial charge in [0.15, 0.2) is 0 Å². The molecule has 90 valence electrons. The van der Waals surface area contributed by atoms with Crippen LogP contribution in [-0.2, 0) is 0 Å². The van der Waals surface area contributed by atoms with E-state index in [1.807, 2.05) is 0 Å². The van der Waals surface area contributed by atoms with Crippen LogP contribution in [-0.4, -0.2) is 8.07 Å². The first-order valence-electron chi connectivity index (χ1n) is 6.71. The predicted octanol–water partition coefficient (Wildman–Crippen LogP) is 3.63. The third-order valence-corrected chi connectivity index (χ3v) is 10.7. The summed E-state index contributed by atoms with van der Waals surface area (Å²) in [5.41, 5.74) is 3.09. The normalized spacial score (nSPS) is 18.9. The summed E-state index contributed by atoms with van der Waals surface area (Å²) in [6.07, 6.45) is 2.87. The molecule has 4 rings (SSSR count). The standard InChI is InChI=1S/C16H15ISi/c17-12-7-8-16-14(11-12)13-5-1-2-6-15(13)18(16)9-3-4-10-18/h1-2,5-8,11H,3-4,9-10H2. The smallest absolute Gasteiger partial charge is 0.0623 e. The van der Waals surface area contributed by atoms with Crippen LogP contribution in [0, 0.1) is 3.57 Å². The van der Waals surface area contributed by atoms with Crippen molar-refractivity contribution in [1.82, 2.24) is 0 Å². The van der Waals surface area contributed by atoms with Crippen LogP contribution in [0.4, 0.5) is 0 Å². The first-order valence-corrected chi connectivity index (χ1v) is 10.2. The minimum Gasteiger partial charge on any atom is -0.0623 e. The van der Waals surface area contributed by atoms with Crippen molar-refractivity contribution < 1.29 is 0 Å². The zero-order valence-electron chi connectivity index (χ0n) is 10.2. The number of halogens is 1. The van der Waals surface area contributed by atoms with Crippen LogP contribution in [0.3, 0.4) is 0 Å². The second-order valence-corrected chi connectivity index (χ2v) is 11.0. The first kappa shape index (κ1) is 11.2. The fraction of sp³-hybridized carbons (Fsp3) is 0.250. The second kappa shape index (κ2) is 3.94. The highest BCUT2D eigenvalue weighted by Gasteiger charge is 2.46. The van der Waals surface area contributed by atoms with E-state index in [1.54, 1.807) is 21.5 Å². The van der Waals surface area contributed by atoms with Crippen molar-refractivity contribution in [2.24, 2.45) is 0 Å². The van der Waals surface area contributed by atoms with E-state index < -0.39 is 8.07 Å². The average molecular weight is 362 g/mol. The van der Waals surface area contributed by atoms with Crippen LogP contribution in [0.15, 0.2) is 42.5 Å². The Kier molecular flexibility index (Phi) is 2.46. The van der Waals surface area contributed by atoms with Crippen molar-refractivity contribution in [2.75, 3.05) is 0 Å². The molecule has 0 radical (unpaired) electrons. The van der Waals surface area contributed by atoms with Gasteiger partial charge >= 0.3 is 0 Å². The highest BCUT2D eigenvalue weighted by Crippen LogP contribution is 2.39. The lowest BCUT2D eigenvalue weighted by Crippen LogP contribution is -2.52. The summed E-state index contributed by atoms with van der Waals surface area (Å²) >= 11 is 2.44. The minimum absolute atomic E-state index is 1.34. The molecule has 0 aromatic heterocycles. The summed E-state index contributed by atoms with van der Waals surface area (Å²) in [4.78, 5) is 0. The number of rotatable bonds is 0. The molecule has 1 spiro atoms. The lowest BCUT2D eigenvalue weighted by molar-refractivity contribution is 0.935. The zero-order valence-corrected chi connectivity index (χ0v) is 13.4. The molecule has 0 amide bonds. The molecule has 2 heteroatoms. The van der Waals surface area contributed by atoms with Crippen LogP contribution >= 0.6 is 22.6 Å². The highest BCUT2D eigenvalue weighted by molar-refractivity contribution is 14.1. The van der Waals surface area contributed by atoms with Gasteiger partial charge < -0.3 is 0 Å². The molecule has 0 atom stereocenters. The average Bonchev–Trinajstić information content (AvgIpc) is 2.97. The van der Waals surface area contributed by atoms with E-state index in [9.17, 15) is 0 Å². The molecule has 0 N–H and O–H groups in total. The number of hydrogen-bond donors (Lipinski definition) is 0. The van der Waals surface area contributed by atoms with E-state index in [-0.39, 0.29) is 0 Å². The molecule has 2 aromatic carbocycles. The Labute approximate surface area is 123 Å². The van der Waals surface area contributed by atoms with Gasteiger partial charge in [0.05, 0.1) is 0 Å². The van der Waals surface area contributed by atoms with Gasteiger partial charge in [0.1, 0.15) is 8.07 Å². The Morgan fingerprint density at radius 1 is 0.833 bits per heavy atom. The van der Waals surface area contributed by atoms with E-state index in [1.165, 1.54) is 28.5 Å². The Hall–Kier alpha value is -0.613. The fourth-order valence-corrected chi connectivity index (χ4v) is 10.0. The summed E-state index contributed by atoms with van der Waals surface area (Å²) in [5.74, 6) is 0. The molecule has 2 aliphatic heterocycles. The Bertz CT molecular complexity index is 627. The Morgan fingerprint density at radius 3 is 2.39 bits per heavy atom. The van der Waals surface area contributed by atoms with Crippen LogP contribution in [0.25, 0.3) is 11.1 Å². The molecule has 0 saturated carbocycles. The summed E-state index contributed by atoms with van der Waals surface area (Å²) in [5, 5.41) is 3.45. The largest absolute Gasteiger partial charge is 0.119 e. The maximum absolute atomic E-state index is 2.44. The number of fused-ring (bicyclic) bond motifs is 5. The molecule has 1 fully saturated rings. The molecule has 0 aliphatic carbocycles. The summed E-state index contributed by atoms with van der Waals surface area (Å²) in [6, 6.07) is 19.3. The van der Waals surface area contributed by atoms with Crippen LogP contribution < -0.4 is 10.4 Å². The van der Waals surface area contributed by atoms with Gasteiger partial charge in [-0.15, -0.1) is 0 Å². The molecular formula is C16H15ISi. The molecule has 2 aliphatic rings. The maximum atomic E-state index is 2.44. The van der Waals surface area contributed by atoms with Crippen LogP contribution in [0.2, 0.25) is 12.1 Å². The SMILES string of the molecule is Ic1ccc2c(c1)-c1ccccc1[Si]21CCCC1. The molecule has 0 unspecified atom stereocenters. The molecular weight excluding hydrogens is 347 g/mol. The van der Waals surface area contributed by atoms with E-state index in [4.69, 9.17) is 0 Å². The van der Waals surface area contributed by atoms with Gasteiger partial charge in [-0.05, 0) is 68.3 Å². The van der Waals surface area contributed by atoms with Crippen molar-refractivity contribution in [3.05, 3.63) is 46.0 Å². The van der Waals surface area contributed by atoms with Crippen LogP contribution in [0.1, 0.15) is 12.8 Å². The predicted molar refractivity (Wildman–Crippen MR) is 88.5 cm³/mol. The highest BCUT2D eigenvalue weighted by atomic mass is 127. The topological polar surface area (TPSA) is 0 Å². The van der Waals surface area contributed by atoms with Crippen LogP contribution in [0.5, 0.6) is 0 Å². The van der Waals surface area contributed by atoms with Crippen molar-refractivity contribution in [3.63, 3.8) is 0 Å². The van der Waals surface area contributed by atoms with E-state index >= 15 is 0 Å². The zero-order chi connectivity index (χ0) is 12.2. The van der Waals surface area contributed by atoms with Gasteiger partial charge in [0.2, 0.25) is 0 Å².